The molecule has 0 unspecified atom stereocenters. The molecule has 0 saturated carbocycles. The fraction of sp³-hybridized carbons (Fsp3) is 0.273. The lowest BCUT2D eigenvalue weighted by atomic mass is 10.1. The van der Waals surface area contributed by atoms with Crippen LogP contribution in [0.3, 0.4) is 0 Å². The van der Waals surface area contributed by atoms with Gasteiger partial charge in [-0.2, -0.15) is 0 Å². The second kappa shape index (κ2) is 8.60. The highest BCUT2D eigenvalue weighted by Gasteiger charge is 2.29. The zero-order valence-corrected chi connectivity index (χ0v) is 17.7. The van der Waals surface area contributed by atoms with Crippen LogP contribution in [-0.4, -0.2) is 43.5 Å². The second-order valence-electron chi connectivity index (χ2n) is 7.58. The first-order chi connectivity index (χ1) is 14.8. The summed E-state index contributed by atoms with van der Waals surface area (Å²) in [4.78, 5) is 14.4. The first-order valence-corrected chi connectivity index (χ1v) is 11.4. The molecule has 2 aromatic carbocycles. The van der Waals surface area contributed by atoms with E-state index >= 15 is 0 Å². The van der Waals surface area contributed by atoms with E-state index in [-0.39, 0.29) is 22.6 Å². The van der Waals surface area contributed by atoms with Gasteiger partial charge in [0.1, 0.15) is 11.5 Å². The predicted molar refractivity (Wildman–Crippen MR) is 112 cm³/mol. The van der Waals surface area contributed by atoms with Crippen LogP contribution < -0.4 is 4.72 Å². The number of nitrogens with one attached hydrogen (secondary N) is 1. The van der Waals surface area contributed by atoms with E-state index in [0.717, 1.165) is 23.3 Å². The molecule has 0 aliphatic carbocycles. The van der Waals surface area contributed by atoms with Crippen molar-refractivity contribution in [2.24, 2.45) is 0 Å². The van der Waals surface area contributed by atoms with Gasteiger partial charge in [-0.15, -0.1) is 0 Å². The van der Waals surface area contributed by atoms with Gasteiger partial charge in [-0.05, 0) is 44.0 Å². The summed E-state index contributed by atoms with van der Waals surface area (Å²) in [6, 6.07) is 13.7. The summed E-state index contributed by atoms with van der Waals surface area (Å²) >= 11 is 0. The Balaban J connectivity index is 1.36. The third-order valence-electron chi connectivity index (χ3n) is 5.30. The molecule has 162 valence electrons. The number of piperidine rings is 1. The number of hydrogen-bond acceptors (Lipinski definition) is 5. The topological polar surface area (TPSA) is 92.5 Å². The van der Waals surface area contributed by atoms with Gasteiger partial charge >= 0.3 is 0 Å². The van der Waals surface area contributed by atoms with Crippen molar-refractivity contribution in [3.8, 4) is 11.3 Å². The van der Waals surface area contributed by atoms with Gasteiger partial charge in [-0.3, -0.25) is 4.79 Å². The third kappa shape index (κ3) is 4.83. The lowest BCUT2D eigenvalue weighted by molar-refractivity contribution is 0.0669. The number of halogens is 1. The van der Waals surface area contributed by atoms with Crippen LogP contribution >= 0.6 is 0 Å². The van der Waals surface area contributed by atoms with E-state index in [0.29, 0.717) is 31.6 Å². The largest absolute Gasteiger partial charge is 0.350 e. The van der Waals surface area contributed by atoms with Crippen molar-refractivity contribution in [3.05, 3.63) is 71.7 Å². The van der Waals surface area contributed by atoms with E-state index in [2.05, 4.69) is 9.88 Å². The molecule has 1 aliphatic heterocycles. The summed E-state index contributed by atoms with van der Waals surface area (Å²) in [5.41, 5.74) is 2.58. The average Bonchev–Trinajstić information content (AvgIpc) is 3.24. The highest BCUT2D eigenvalue weighted by atomic mass is 32.2. The van der Waals surface area contributed by atoms with Crippen molar-refractivity contribution in [1.29, 1.82) is 0 Å². The Hall–Kier alpha value is -3.04. The zero-order chi connectivity index (χ0) is 22.0. The Morgan fingerprint density at radius 3 is 2.39 bits per heavy atom. The number of carbonyl (C=O) groups is 1. The molecule has 1 saturated heterocycles. The van der Waals surface area contributed by atoms with Crippen LogP contribution in [0.4, 0.5) is 4.39 Å². The summed E-state index contributed by atoms with van der Waals surface area (Å²) in [5, 5.41) is 3.99. The molecule has 4 rings (SSSR count). The molecule has 1 aliphatic rings. The average molecular weight is 444 g/mol. The molecule has 0 spiro atoms. The Bertz CT molecular complexity index is 1170. The Kier molecular flexibility index (Phi) is 5.88. The van der Waals surface area contributed by atoms with Crippen molar-refractivity contribution in [2.45, 2.75) is 30.7 Å². The molecular weight excluding hydrogens is 421 g/mol. The number of aromatic nitrogens is 1. The molecule has 1 fully saturated rings. The van der Waals surface area contributed by atoms with Crippen LogP contribution in [0.25, 0.3) is 11.3 Å². The van der Waals surface area contributed by atoms with Crippen molar-refractivity contribution in [1.82, 2.24) is 14.8 Å². The number of amides is 1. The summed E-state index contributed by atoms with van der Waals surface area (Å²) in [5.74, 6) is -0.615. The minimum absolute atomic E-state index is 0.0118. The molecule has 0 radical (unpaired) electrons. The van der Waals surface area contributed by atoms with Crippen LogP contribution in [0.1, 0.15) is 29.0 Å². The van der Waals surface area contributed by atoms with Crippen LogP contribution in [0.2, 0.25) is 0 Å². The molecule has 1 amide bonds. The lowest BCUT2D eigenvalue weighted by Gasteiger charge is -2.31. The predicted octanol–water partition coefficient (Wildman–Crippen LogP) is 3.37. The van der Waals surface area contributed by atoms with Crippen LogP contribution in [0.15, 0.2) is 64.0 Å². The maximum absolute atomic E-state index is 13.0. The summed E-state index contributed by atoms with van der Waals surface area (Å²) in [6.45, 7) is 2.76. The van der Waals surface area contributed by atoms with Gasteiger partial charge in [0.05, 0.1) is 4.90 Å². The van der Waals surface area contributed by atoms with Crippen LogP contribution in [0.5, 0.6) is 0 Å². The number of nitrogens with zero attached hydrogens (tertiary/aromatic N) is 2. The third-order valence-corrected chi connectivity index (χ3v) is 6.83. The van der Waals surface area contributed by atoms with E-state index in [1.807, 2.05) is 31.2 Å². The minimum atomic E-state index is -3.75. The Morgan fingerprint density at radius 2 is 1.74 bits per heavy atom. The number of hydrogen-bond donors (Lipinski definition) is 1. The number of carbonyl (C=O) groups excluding carboxylic acids is 1. The highest BCUT2D eigenvalue weighted by molar-refractivity contribution is 7.89. The first kappa shape index (κ1) is 21.2. The van der Waals surface area contributed by atoms with Gasteiger partial charge in [-0.1, -0.05) is 35.0 Å². The molecule has 0 atom stereocenters. The van der Waals surface area contributed by atoms with Crippen LogP contribution in [-0.2, 0) is 10.0 Å². The SMILES string of the molecule is Cc1ccc(-c2cc(C(=O)N3CCC(NS(=O)(=O)c4ccc(F)cc4)CC3)on2)cc1. The maximum atomic E-state index is 13.0. The van der Waals surface area contributed by atoms with Gasteiger partial charge in [0.2, 0.25) is 15.8 Å². The molecule has 1 aromatic heterocycles. The van der Waals surface area contributed by atoms with Crippen molar-refractivity contribution in [2.75, 3.05) is 13.1 Å². The summed E-state index contributed by atoms with van der Waals surface area (Å²) < 4.78 is 45.9. The molecule has 7 nitrogen and oxygen atoms in total. The lowest BCUT2D eigenvalue weighted by Crippen LogP contribution is -2.46. The number of rotatable bonds is 5. The number of sulfonamides is 1. The van der Waals surface area contributed by atoms with Crippen molar-refractivity contribution in [3.63, 3.8) is 0 Å². The minimum Gasteiger partial charge on any atom is -0.350 e. The molecule has 31 heavy (non-hydrogen) atoms. The molecule has 1 N–H and O–H groups in total. The monoisotopic (exact) mass is 443 g/mol. The van der Waals surface area contributed by atoms with E-state index in [4.69, 9.17) is 4.52 Å². The van der Waals surface area contributed by atoms with Gasteiger partial charge in [0.25, 0.3) is 5.91 Å². The summed E-state index contributed by atoms with van der Waals surface area (Å²) in [6.07, 6.45) is 0.927. The van der Waals surface area contributed by atoms with E-state index < -0.39 is 15.8 Å². The first-order valence-electron chi connectivity index (χ1n) is 9.93. The Labute approximate surface area is 179 Å². The van der Waals surface area contributed by atoms with Gasteiger partial charge in [-0.25, -0.2) is 17.5 Å². The standard InChI is InChI=1S/C22H22FN3O4S/c1-15-2-4-16(5-3-15)20-14-21(30-24-20)22(27)26-12-10-18(11-13-26)25-31(28,29)19-8-6-17(23)7-9-19/h2-9,14,18,25H,10-13H2,1H3. The number of likely N-dealkylation sites (tertiary alicyclic amines) is 1. The normalized spacial score (nSPS) is 15.2. The fourth-order valence-corrected chi connectivity index (χ4v) is 4.80. The fourth-order valence-electron chi connectivity index (χ4n) is 3.49. The van der Waals surface area contributed by atoms with Crippen molar-refractivity contribution >= 4 is 15.9 Å². The smallest absolute Gasteiger partial charge is 0.292 e. The molecular formula is C22H22FN3O4S. The van der Waals surface area contributed by atoms with E-state index in [9.17, 15) is 17.6 Å². The van der Waals surface area contributed by atoms with Gasteiger partial charge < -0.3 is 9.42 Å². The van der Waals surface area contributed by atoms with E-state index in [1.54, 1.807) is 11.0 Å². The maximum Gasteiger partial charge on any atom is 0.292 e. The van der Waals surface area contributed by atoms with E-state index in [1.165, 1.54) is 12.1 Å². The molecule has 3 aromatic rings. The molecule has 0 bridgehead atoms. The van der Waals surface area contributed by atoms with Crippen LogP contribution in [0, 0.1) is 12.7 Å². The Morgan fingerprint density at radius 1 is 1.10 bits per heavy atom. The summed E-state index contributed by atoms with van der Waals surface area (Å²) in [7, 11) is -3.75. The highest BCUT2D eigenvalue weighted by Crippen LogP contribution is 2.22. The second-order valence-corrected chi connectivity index (χ2v) is 9.30. The zero-order valence-electron chi connectivity index (χ0n) is 16.9. The quantitative estimate of drug-likeness (QED) is 0.653. The number of benzene rings is 2. The van der Waals surface area contributed by atoms with Crippen molar-refractivity contribution < 1.29 is 22.1 Å². The molecule has 9 heteroatoms. The van der Waals surface area contributed by atoms with Gasteiger partial charge in [0, 0.05) is 30.8 Å². The number of aryl methyl sites for hydroxylation is 1. The molecule has 2 heterocycles. The van der Waals surface area contributed by atoms with Gasteiger partial charge in [0.15, 0.2) is 0 Å².